The number of nitrogens with zero attached hydrogens (tertiary/aromatic N) is 1. The second-order valence-electron chi connectivity index (χ2n) is 5.95. The molecule has 2 aromatic carbocycles. The van der Waals surface area contributed by atoms with Crippen molar-refractivity contribution in [3.8, 4) is 5.75 Å². The Morgan fingerprint density at radius 3 is 2.81 bits per heavy atom. The Labute approximate surface area is 175 Å². The van der Waals surface area contributed by atoms with Crippen molar-refractivity contribution in [3.63, 3.8) is 0 Å². The zero-order valence-corrected chi connectivity index (χ0v) is 17.8. The highest BCUT2D eigenvalue weighted by molar-refractivity contribution is 9.10. The highest BCUT2D eigenvalue weighted by Gasteiger charge is 2.16. The molecule has 0 spiro atoms. The summed E-state index contributed by atoms with van der Waals surface area (Å²) in [5, 5.41) is 6.46. The molecular weight excluding hydrogens is 448 g/mol. The number of rotatable bonds is 7. The van der Waals surface area contributed by atoms with Gasteiger partial charge >= 0.3 is 0 Å². The summed E-state index contributed by atoms with van der Waals surface area (Å²) >= 11 is 10.9. The fourth-order valence-corrected chi connectivity index (χ4v) is 4.02. The second-order valence-corrected chi connectivity index (χ2v) is 8.18. The molecule has 4 nitrogen and oxygen atoms in total. The number of amides is 1. The minimum atomic E-state index is -0.634. The zero-order chi connectivity index (χ0) is 19.2. The summed E-state index contributed by atoms with van der Waals surface area (Å²) in [6.07, 6.45) is 0.161. The molecule has 1 atom stereocenters. The molecule has 0 bridgehead atoms. The maximum Gasteiger partial charge on any atom is 0.261 e. The summed E-state index contributed by atoms with van der Waals surface area (Å²) in [6, 6.07) is 15.4. The van der Waals surface area contributed by atoms with Crippen molar-refractivity contribution in [2.24, 2.45) is 0 Å². The lowest BCUT2D eigenvalue weighted by atomic mass is 10.2. The maximum atomic E-state index is 12.3. The normalized spacial score (nSPS) is 11.8. The first-order valence-corrected chi connectivity index (χ1v) is 10.4. The van der Waals surface area contributed by atoms with Crippen molar-refractivity contribution < 1.29 is 9.53 Å². The lowest BCUT2D eigenvalue weighted by Gasteiger charge is -2.15. The molecule has 1 amide bonds. The molecule has 140 valence electrons. The molecule has 1 heterocycles. The number of nitrogens with one attached hydrogen (secondary N) is 1. The van der Waals surface area contributed by atoms with Crippen LogP contribution in [0.2, 0.25) is 5.02 Å². The van der Waals surface area contributed by atoms with Gasteiger partial charge in [-0.15, -0.1) is 11.3 Å². The smallest absolute Gasteiger partial charge is 0.261 e. The van der Waals surface area contributed by atoms with Gasteiger partial charge in [0.25, 0.3) is 5.91 Å². The van der Waals surface area contributed by atoms with Crippen LogP contribution < -0.4 is 10.1 Å². The minimum Gasteiger partial charge on any atom is -0.480 e. The zero-order valence-electron chi connectivity index (χ0n) is 14.6. The summed E-state index contributed by atoms with van der Waals surface area (Å²) in [5.74, 6) is 0.371. The molecule has 1 aromatic heterocycles. The van der Waals surface area contributed by atoms with Crippen molar-refractivity contribution in [2.45, 2.75) is 26.0 Å². The van der Waals surface area contributed by atoms with Crippen LogP contribution in [-0.4, -0.2) is 17.0 Å². The lowest BCUT2D eigenvalue weighted by Crippen LogP contribution is -2.36. The standard InChI is InChI=1S/C20H18BrClN2O2S/c1-13(26-18-8-7-15(22)10-17(18)21)20(25)23-11-16-12-27-19(24-16)9-14-5-3-2-4-6-14/h2-8,10,12-13H,9,11H2,1H3,(H,23,25). The Bertz CT molecular complexity index is 917. The third-order valence-corrected chi connectivity index (χ3v) is 5.56. The Kier molecular flexibility index (Phi) is 6.88. The molecule has 3 aromatic rings. The van der Waals surface area contributed by atoms with Crippen LogP contribution in [0.25, 0.3) is 0 Å². The second kappa shape index (κ2) is 9.35. The van der Waals surface area contributed by atoms with E-state index in [9.17, 15) is 4.79 Å². The summed E-state index contributed by atoms with van der Waals surface area (Å²) in [5.41, 5.74) is 2.07. The number of aromatic nitrogens is 1. The van der Waals surface area contributed by atoms with E-state index in [1.165, 1.54) is 5.56 Å². The molecule has 0 radical (unpaired) electrons. The number of halogens is 2. The summed E-state index contributed by atoms with van der Waals surface area (Å²) in [6.45, 7) is 2.08. The summed E-state index contributed by atoms with van der Waals surface area (Å²) in [7, 11) is 0. The average molecular weight is 466 g/mol. The van der Waals surface area contributed by atoms with Crippen LogP contribution >= 0.6 is 38.9 Å². The minimum absolute atomic E-state index is 0.200. The quantitative estimate of drug-likeness (QED) is 0.519. The molecule has 0 aliphatic rings. The molecule has 0 aliphatic carbocycles. The lowest BCUT2D eigenvalue weighted by molar-refractivity contribution is -0.127. The summed E-state index contributed by atoms with van der Waals surface area (Å²) < 4.78 is 6.41. The predicted molar refractivity (Wildman–Crippen MR) is 112 cm³/mol. The molecule has 7 heteroatoms. The fraction of sp³-hybridized carbons (Fsp3) is 0.200. The number of carbonyl (C=O) groups excluding carboxylic acids is 1. The van der Waals surface area contributed by atoms with Gasteiger partial charge in [-0.25, -0.2) is 4.98 Å². The van der Waals surface area contributed by atoms with Crippen LogP contribution in [0, 0.1) is 0 Å². The van der Waals surface area contributed by atoms with Gasteiger partial charge in [-0.2, -0.15) is 0 Å². The Morgan fingerprint density at radius 1 is 1.30 bits per heavy atom. The number of ether oxygens (including phenoxy) is 1. The number of carbonyl (C=O) groups is 1. The van der Waals surface area contributed by atoms with E-state index < -0.39 is 6.10 Å². The number of hydrogen-bond acceptors (Lipinski definition) is 4. The fourth-order valence-electron chi connectivity index (χ4n) is 2.42. The van der Waals surface area contributed by atoms with Gasteiger partial charge in [0, 0.05) is 16.8 Å². The van der Waals surface area contributed by atoms with E-state index in [2.05, 4.69) is 38.4 Å². The van der Waals surface area contributed by atoms with Crippen LogP contribution in [0.4, 0.5) is 0 Å². The van der Waals surface area contributed by atoms with Gasteiger partial charge < -0.3 is 10.1 Å². The third kappa shape index (κ3) is 5.79. The van der Waals surface area contributed by atoms with Gasteiger partial charge in [0.05, 0.1) is 21.7 Å². The first kappa shape index (κ1) is 19.9. The average Bonchev–Trinajstić information content (AvgIpc) is 3.10. The molecular formula is C20H18BrClN2O2S. The molecule has 0 saturated carbocycles. The highest BCUT2D eigenvalue weighted by atomic mass is 79.9. The van der Waals surface area contributed by atoms with Gasteiger partial charge in [-0.1, -0.05) is 41.9 Å². The van der Waals surface area contributed by atoms with Gasteiger partial charge in [-0.3, -0.25) is 4.79 Å². The van der Waals surface area contributed by atoms with E-state index in [-0.39, 0.29) is 5.91 Å². The first-order valence-electron chi connectivity index (χ1n) is 8.38. The monoisotopic (exact) mass is 464 g/mol. The van der Waals surface area contributed by atoms with Crippen LogP contribution in [0.5, 0.6) is 5.75 Å². The number of thiazole rings is 1. The van der Waals surface area contributed by atoms with E-state index in [0.29, 0.717) is 21.8 Å². The number of hydrogen-bond donors (Lipinski definition) is 1. The van der Waals surface area contributed by atoms with E-state index >= 15 is 0 Å². The van der Waals surface area contributed by atoms with Gasteiger partial charge in [-0.05, 0) is 46.6 Å². The van der Waals surface area contributed by atoms with Crippen molar-refractivity contribution in [1.29, 1.82) is 0 Å². The van der Waals surface area contributed by atoms with Crippen molar-refractivity contribution in [2.75, 3.05) is 0 Å². The van der Waals surface area contributed by atoms with E-state index in [0.717, 1.165) is 17.1 Å². The molecule has 27 heavy (non-hydrogen) atoms. The van der Waals surface area contributed by atoms with Crippen LogP contribution in [0.1, 0.15) is 23.2 Å². The maximum absolute atomic E-state index is 12.3. The van der Waals surface area contributed by atoms with Crippen LogP contribution in [-0.2, 0) is 17.8 Å². The molecule has 1 unspecified atom stereocenters. The number of benzene rings is 2. The van der Waals surface area contributed by atoms with Crippen molar-refractivity contribution in [1.82, 2.24) is 10.3 Å². The predicted octanol–water partition coefficient (Wildman–Crippen LogP) is 5.23. The molecule has 0 fully saturated rings. The van der Waals surface area contributed by atoms with Crippen molar-refractivity contribution >= 4 is 44.8 Å². The van der Waals surface area contributed by atoms with Crippen molar-refractivity contribution in [3.05, 3.63) is 79.7 Å². The molecule has 0 aliphatic heterocycles. The third-order valence-electron chi connectivity index (χ3n) is 3.81. The molecule has 3 rings (SSSR count). The van der Waals surface area contributed by atoms with Crippen LogP contribution in [0.3, 0.4) is 0 Å². The van der Waals surface area contributed by atoms with E-state index in [1.807, 2.05) is 23.6 Å². The van der Waals surface area contributed by atoms with E-state index in [1.54, 1.807) is 36.5 Å². The SMILES string of the molecule is CC(Oc1ccc(Cl)cc1Br)C(=O)NCc1csc(Cc2ccccc2)n1. The highest BCUT2D eigenvalue weighted by Crippen LogP contribution is 2.28. The Hall–Kier alpha value is -1.89. The van der Waals surface area contributed by atoms with Gasteiger partial charge in [0.1, 0.15) is 5.75 Å². The first-order chi connectivity index (χ1) is 13.0. The van der Waals surface area contributed by atoms with E-state index in [4.69, 9.17) is 16.3 Å². The Morgan fingerprint density at radius 2 is 2.07 bits per heavy atom. The topological polar surface area (TPSA) is 51.2 Å². The van der Waals surface area contributed by atoms with Gasteiger partial charge in [0.2, 0.25) is 0 Å². The summed E-state index contributed by atoms with van der Waals surface area (Å²) in [4.78, 5) is 16.9. The largest absolute Gasteiger partial charge is 0.480 e. The van der Waals surface area contributed by atoms with Gasteiger partial charge in [0.15, 0.2) is 6.10 Å². The molecule has 1 N–H and O–H groups in total. The van der Waals surface area contributed by atoms with Crippen LogP contribution in [0.15, 0.2) is 58.4 Å². The Balaban J connectivity index is 1.51. The molecule has 0 saturated heterocycles.